The van der Waals surface area contributed by atoms with Gasteiger partial charge in [0.15, 0.2) is 0 Å². The van der Waals surface area contributed by atoms with Gasteiger partial charge in [0.25, 0.3) is 0 Å². The van der Waals surface area contributed by atoms with Crippen LogP contribution in [0, 0.1) is 17.3 Å². The van der Waals surface area contributed by atoms with Crippen LogP contribution in [0.2, 0.25) is 0 Å². The Morgan fingerprint density at radius 1 is 1.36 bits per heavy atom. The van der Waals surface area contributed by atoms with E-state index in [1.54, 1.807) is 0 Å². The molecule has 0 saturated heterocycles. The fraction of sp³-hybridized carbons (Fsp3) is 0.750. The van der Waals surface area contributed by atoms with Gasteiger partial charge in [0.1, 0.15) is 0 Å². The second-order valence-corrected chi connectivity index (χ2v) is 3.94. The molecule has 0 aliphatic rings. The van der Waals surface area contributed by atoms with Gasteiger partial charge in [0.2, 0.25) is 0 Å². The van der Waals surface area contributed by atoms with Crippen molar-refractivity contribution in [2.24, 2.45) is 5.41 Å². The Labute approximate surface area is 87.0 Å². The third kappa shape index (κ3) is 4.91. The number of methoxy groups -OCH3 is 1. The zero-order valence-electron chi connectivity index (χ0n) is 9.64. The zero-order valence-corrected chi connectivity index (χ0v) is 9.64. The Morgan fingerprint density at radius 2 is 2.00 bits per heavy atom. The molecule has 0 rings (SSSR count). The number of ether oxygens (including phenoxy) is 1. The molecular formula is C12H20O2. The minimum Gasteiger partial charge on any atom is -0.469 e. The normalized spacial score (nSPS) is 10.3. The Hall–Kier alpha value is -0.970. The fourth-order valence-corrected chi connectivity index (χ4v) is 1.21. The lowest BCUT2D eigenvalue weighted by molar-refractivity contribution is -0.151. The molecule has 0 aliphatic heterocycles. The molecule has 0 fully saturated rings. The molecule has 0 aromatic heterocycles. The minimum atomic E-state index is -0.372. The highest BCUT2D eigenvalue weighted by atomic mass is 16.5. The summed E-state index contributed by atoms with van der Waals surface area (Å²) in [4.78, 5) is 11.3. The van der Waals surface area contributed by atoms with Crippen molar-refractivity contribution in [3.05, 3.63) is 0 Å². The van der Waals surface area contributed by atoms with Gasteiger partial charge in [0.05, 0.1) is 12.5 Å². The van der Waals surface area contributed by atoms with Gasteiger partial charge in [-0.3, -0.25) is 4.79 Å². The van der Waals surface area contributed by atoms with Crippen LogP contribution in [0.5, 0.6) is 0 Å². The van der Waals surface area contributed by atoms with Crippen molar-refractivity contribution in [2.45, 2.75) is 46.5 Å². The number of esters is 1. The maximum atomic E-state index is 11.3. The van der Waals surface area contributed by atoms with Gasteiger partial charge < -0.3 is 4.74 Å². The third-order valence-corrected chi connectivity index (χ3v) is 2.14. The molecular weight excluding hydrogens is 176 g/mol. The SMILES string of the molecule is CCC#CCCCC(C)(C)C(=O)OC. The van der Waals surface area contributed by atoms with Crippen LogP contribution >= 0.6 is 0 Å². The van der Waals surface area contributed by atoms with E-state index in [-0.39, 0.29) is 11.4 Å². The van der Waals surface area contributed by atoms with E-state index in [0.717, 1.165) is 25.7 Å². The van der Waals surface area contributed by atoms with Crippen molar-refractivity contribution < 1.29 is 9.53 Å². The van der Waals surface area contributed by atoms with E-state index in [9.17, 15) is 4.79 Å². The Kier molecular flexibility index (Phi) is 6.03. The predicted molar refractivity (Wildman–Crippen MR) is 57.7 cm³/mol. The molecule has 2 nitrogen and oxygen atoms in total. The van der Waals surface area contributed by atoms with Crippen LogP contribution in [0.3, 0.4) is 0 Å². The summed E-state index contributed by atoms with van der Waals surface area (Å²) < 4.78 is 4.72. The lowest BCUT2D eigenvalue weighted by Gasteiger charge is -2.20. The first-order valence-corrected chi connectivity index (χ1v) is 5.08. The van der Waals surface area contributed by atoms with Gasteiger partial charge >= 0.3 is 5.97 Å². The third-order valence-electron chi connectivity index (χ3n) is 2.14. The van der Waals surface area contributed by atoms with Crippen LogP contribution in [0.1, 0.15) is 46.5 Å². The standard InChI is InChI=1S/C12H20O2/c1-5-6-7-8-9-10-12(2,3)11(13)14-4/h5,8-10H2,1-4H3. The van der Waals surface area contributed by atoms with Gasteiger partial charge in [-0.1, -0.05) is 6.92 Å². The van der Waals surface area contributed by atoms with E-state index in [0.29, 0.717) is 0 Å². The molecule has 0 N–H and O–H groups in total. The number of unbranched alkanes of at least 4 members (excludes halogenated alkanes) is 1. The maximum Gasteiger partial charge on any atom is 0.311 e. The maximum absolute atomic E-state index is 11.3. The van der Waals surface area contributed by atoms with Crippen LogP contribution in [-0.4, -0.2) is 13.1 Å². The highest BCUT2D eigenvalue weighted by Crippen LogP contribution is 2.24. The summed E-state index contributed by atoms with van der Waals surface area (Å²) in [5.41, 5.74) is -0.372. The fourth-order valence-electron chi connectivity index (χ4n) is 1.21. The van der Waals surface area contributed by atoms with E-state index in [1.807, 2.05) is 20.8 Å². The molecule has 0 aliphatic carbocycles. The zero-order chi connectivity index (χ0) is 11.0. The summed E-state index contributed by atoms with van der Waals surface area (Å²) in [6.45, 7) is 5.85. The van der Waals surface area contributed by atoms with Crippen molar-refractivity contribution in [3.63, 3.8) is 0 Å². The van der Waals surface area contributed by atoms with E-state index in [4.69, 9.17) is 4.74 Å². The van der Waals surface area contributed by atoms with Crippen molar-refractivity contribution in [2.75, 3.05) is 7.11 Å². The topological polar surface area (TPSA) is 26.3 Å². The van der Waals surface area contributed by atoms with Crippen LogP contribution in [-0.2, 0) is 9.53 Å². The lowest BCUT2D eigenvalue weighted by atomic mass is 9.87. The number of hydrogen-bond donors (Lipinski definition) is 0. The van der Waals surface area contributed by atoms with Crippen LogP contribution < -0.4 is 0 Å². The molecule has 2 heteroatoms. The van der Waals surface area contributed by atoms with Crippen molar-refractivity contribution in [3.8, 4) is 11.8 Å². The Morgan fingerprint density at radius 3 is 2.50 bits per heavy atom. The average Bonchev–Trinajstić information content (AvgIpc) is 2.16. The van der Waals surface area contributed by atoms with Crippen molar-refractivity contribution in [1.82, 2.24) is 0 Å². The first-order chi connectivity index (χ1) is 6.54. The monoisotopic (exact) mass is 196 g/mol. The van der Waals surface area contributed by atoms with Gasteiger partial charge in [-0.2, -0.15) is 0 Å². The van der Waals surface area contributed by atoms with Crippen LogP contribution in [0.4, 0.5) is 0 Å². The van der Waals surface area contributed by atoms with Crippen LogP contribution in [0.25, 0.3) is 0 Å². The van der Waals surface area contributed by atoms with Gasteiger partial charge in [-0.25, -0.2) is 0 Å². The summed E-state index contributed by atoms with van der Waals surface area (Å²) in [7, 11) is 1.43. The van der Waals surface area contributed by atoms with Gasteiger partial charge in [0, 0.05) is 12.8 Å². The summed E-state index contributed by atoms with van der Waals surface area (Å²) >= 11 is 0. The number of hydrogen-bond acceptors (Lipinski definition) is 2. The molecule has 14 heavy (non-hydrogen) atoms. The quantitative estimate of drug-likeness (QED) is 0.392. The highest BCUT2D eigenvalue weighted by molar-refractivity contribution is 5.75. The Balaban J connectivity index is 3.82. The summed E-state index contributed by atoms with van der Waals surface area (Å²) in [6, 6.07) is 0. The lowest BCUT2D eigenvalue weighted by Crippen LogP contribution is -2.25. The minimum absolute atomic E-state index is 0.138. The molecule has 0 aromatic carbocycles. The smallest absolute Gasteiger partial charge is 0.311 e. The second kappa shape index (κ2) is 6.48. The Bertz CT molecular complexity index is 230. The highest BCUT2D eigenvalue weighted by Gasteiger charge is 2.27. The molecule has 80 valence electrons. The molecule has 0 unspecified atom stereocenters. The molecule has 0 spiro atoms. The molecule has 0 saturated carbocycles. The van der Waals surface area contributed by atoms with E-state index in [2.05, 4.69) is 11.8 Å². The molecule has 0 radical (unpaired) electrons. The summed E-state index contributed by atoms with van der Waals surface area (Å²) in [5, 5.41) is 0. The van der Waals surface area contributed by atoms with Crippen molar-refractivity contribution >= 4 is 5.97 Å². The summed E-state index contributed by atoms with van der Waals surface area (Å²) in [5.74, 6) is 5.94. The van der Waals surface area contributed by atoms with Gasteiger partial charge in [-0.05, 0) is 26.7 Å². The molecule has 0 aromatic rings. The largest absolute Gasteiger partial charge is 0.469 e. The molecule has 0 atom stereocenters. The first-order valence-electron chi connectivity index (χ1n) is 5.08. The van der Waals surface area contributed by atoms with Gasteiger partial charge in [-0.15, -0.1) is 11.8 Å². The average molecular weight is 196 g/mol. The first kappa shape index (κ1) is 13.0. The second-order valence-electron chi connectivity index (χ2n) is 3.94. The summed E-state index contributed by atoms with van der Waals surface area (Å²) in [6.07, 6.45) is 3.56. The predicted octanol–water partition coefficient (Wildman–Crippen LogP) is 2.77. The molecule has 0 heterocycles. The van der Waals surface area contributed by atoms with Crippen molar-refractivity contribution in [1.29, 1.82) is 0 Å². The number of carbonyl (C=O) groups excluding carboxylic acids is 1. The van der Waals surface area contributed by atoms with E-state index >= 15 is 0 Å². The molecule has 0 amide bonds. The van der Waals surface area contributed by atoms with E-state index in [1.165, 1.54) is 7.11 Å². The van der Waals surface area contributed by atoms with E-state index < -0.39 is 0 Å². The number of carbonyl (C=O) groups is 1. The molecule has 0 bridgehead atoms. The number of rotatable bonds is 4. The van der Waals surface area contributed by atoms with Crippen LogP contribution in [0.15, 0.2) is 0 Å².